The molecule has 2 heterocycles. The first-order valence-electron chi connectivity index (χ1n) is 12.4. The third-order valence-electron chi connectivity index (χ3n) is 6.78. The minimum absolute atomic E-state index is 0.0481. The number of likely N-dealkylation sites (N-methyl/N-ethyl adjacent to an activating group) is 1. The summed E-state index contributed by atoms with van der Waals surface area (Å²) in [7, 11) is 1.68. The zero-order valence-corrected chi connectivity index (χ0v) is 22.6. The van der Waals surface area contributed by atoms with Gasteiger partial charge in [0.25, 0.3) is 5.91 Å². The molecule has 7 heteroatoms. The monoisotopic (exact) mass is 556 g/mol. The molecule has 188 valence electrons. The van der Waals surface area contributed by atoms with Crippen molar-refractivity contribution in [1.82, 2.24) is 14.8 Å². The third-order valence-corrected chi connectivity index (χ3v) is 7.27. The van der Waals surface area contributed by atoms with E-state index < -0.39 is 0 Å². The molecule has 1 aromatic heterocycles. The van der Waals surface area contributed by atoms with Crippen molar-refractivity contribution in [2.45, 2.75) is 26.4 Å². The number of hydrogen-bond acceptors (Lipinski definition) is 4. The minimum Gasteiger partial charge on any atom is -0.332 e. The van der Waals surface area contributed by atoms with Gasteiger partial charge >= 0.3 is 0 Å². The van der Waals surface area contributed by atoms with E-state index in [1.165, 1.54) is 10.5 Å². The number of benzene rings is 3. The minimum atomic E-state index is -0.237. The van der Waals surface area contributed by atoms with Gasteiger partial charge in [0.15, 0.2) is 0 Å². The summed E-state index contributed by atoms with van der Waals surface area (Å²) in [6.07, 6.45) is 0.778. The van der Waals surface area contributed by atoms with Crippen molar-refractivity contribution in [2.24, 2.45) is 0 Å². The van der Waals surface area contributed by atoms with Crippen molar-refractivity contribution in [3.8, 4) is 0 Å². The number of carbonyl (C=O) groups is 2. The Morgan fingerprint density at radius 2 is 1.81 bits per heavy atom. The van der Waals surface area contributed by atoms with Crippen LogP contribution in [0, 0.1) is 6.92 Å². The van der Waals surface area contributed by atoms with Crippen molar-refractivity contribution in [3.63, 3.8) is 0 Å². The summed E-state index contributed by atoms with van der Waals surface area (Å²) in [6.45, 7) is 4.22. The third kappa shape index (κ3) is 5.58. The first-order chi connectivity index (χ1) is 17.9. The van der Waals surface area contributed by atoms with Crippen molar-refractivity contribution < 1.29 is 9.59 Å². The van der Waals surface area contributed by atoms with Crippen molar-refractivity contribution >= 4 is 44.3 Å². The molecule has 0 atom stereocenters. The van der Waals surface area contributed by atoms with Crippen LogP contribution in [0.1, 0.15) is 32.7 Å². The molecule has 37 heavy (non-hydrogen) atoms. The highest BCUT2D eigenvalue weighted by Gasteiger charge is 2.28. The molecular weight excluding hydrogens is 528 g/mol. The Labute approximate surface area is 225 Å². The van der Waals surface area contributed by atoms with E-state index >= 15 is 0 Å². The van der Waals surface area contributed by atoms with Crippen LogP contribution in [0.25, 0.3) is 10.9 Å². The fraction of sp³-hybridized carbons (Fsp3) is 0.233. The number of halogens is 1. The van der Waals surface area contributed by atoms with Crippen LogP contribution >= 0.6 is 15.9 Å². The Morgan fingerprint density at radius 3 is 2.59 bits per heavy atom. The molecule has 1 aliphatic rings. The molecule has 6 nitrogen and oxygen atoms in total. The highest BCUT2D eigenvalue weighted by atomic mass is 79.9. The first-order valence-corrected chi connectivity index (χ1v) is 13.2. The number of nitrogens with one attached hydrogen (secondary N) is 1. The number of aryl methyl sites for hydroxylation is 1. The average Bonchev–Trinajstić information content (AvgIpc) is 2.89. The number of nitrogens with zero attached hydrogens (tertiary/aromatic N) is 3. The summed E-state index contributed by atoms with van der Waals surface area (Å²) in [5, 5.41) is 3.76. The van der Waals surface area contributed by atoms with Gasteiger partial charge in [0.05, 0.1) is 17.6 Å². The molecule has 0 radical (unpaired) electrons. The SMILES string of the molecule is Cc1cc(Br)ccc1NC(=O)CN(C)C(=O)c1c2c(nc3ccccc13)CCN(Cc1ccccc1)C2. The predicted molar refractivity (Wildman–Crippen MR) is 150 cm³/mol. The molecule has 0 unspecified atom stereocenters. The van der Waals surface area contributed by atoms with Crippen LogP contribution in [-0.4, -0.2) is 46.7 Å². The van der Waals surface area contributed by atoms with Gasteiger partial charge in [-0.1, -0.05) is 64.5 Å². The molecule has 4 aromatic rings. The average molecular weight is 557 g/mol. The van der Waals surface area contributed by atoms with Gasteiger partial charge in [-0.3, -0.25) is 19.5 Å². The maximum Gasteiger partial charge on any atom is 0.255 e. The highest BCUT2D eigenvalue weighted by molar-refractivity contribution is 9.10. The van der Waals surface area contributed by atoms with E-state index in [1.807, 2.05) is 67.6 Å². The van der Waals surface area contributed by atoms with Gasteiger partial charge in [-0.05, 0) is 42.3 Å². The van der Waals surface area contributed by atoms with Gasteiger partial charge in [-0.25, -0.2) is 0 Å². The molecule has 0 spiro atoms. The molecule has 0 fully saturated rings. The Bertz CT molecular complexity index is 1470. The van der Waals surface area contributed by atoms with Gasteiger partial charge in [0.2, 0.25) is 5.91 Å². The number of hydrogen-bond donors (Lipinski definition) is 1. The van der Waals surface area contributed by atoms with E-state index in [9.17, 15) is 9.59 Å². The molecule has 2 amide bonds. The maximum atomic E-state index is 13.9. The van der Waals surface area contributed by atoms with Gasteiger partial charge in [0.1, 0.15) is 0 Å². The fourth-order valence-electron chi connectivity index (χ4n) is 4.90. The summed E-state index contributed by atoms with van der Waals surface area (Å²) < 4.78 is 0.950. The summed E-state index contributed by atoms with van der Waals surface area (Å²) in [6, 6.07) is 23.8. The zero-order valence-electron chi connectivity index (χ0n) is 21.0. The molecular formula is C30H29BrN4O2. The molecule has 5 rings (SSSR count). The molecule has 3 aromatic carbocycles. The Kier molecular flexibility index (Phi) is 7.35. The van der Waals surface area contributed by atoms with Crippen LogP contribution in [0.3, 0.4) is 0 Å². The van der Waals surface area contributed by atoms with Gasteiger partial charge in [0, 0.05) is 59.9 Å². The van der Waals surface area contributed by atoms with E-state index in [2.05, 4.69) is 38.3 Å². The largest absolute Gasteiger partial charge is 0.332 e. The summed E-state index contributed by atoms with van der Waals surface area (Å²) >= 11 is 3.45. The van der Waals surface area contributed by atoms with E-state index in [0.29, 0.717) is 12.1 Å². The fourth-order valence-corrected chi connectivity index (χ4v) is 5.38. The van der Waals surface area contributed by atoms with Crippen molar-refractivity contribution in [3.05, 3.63) is 105 Å². The first kappa shape index (κ1) is 25.1. The lowest BCUT2D eigenvalue weighted by Gasteiger charge is -2.31. The number of pyridine rings is 1. The van der Waals surface area contributed by atoms with Crippen molar-refractivity contribution in [2.75, 3.05) is 25.5 Å². The zero-order chi connectivity index (χ0) is 25.9. The number of rotatable bonds is 6. The second-order valence-electron chi connectivity index (χ2n) is 9.54. The topological polar surface area (TPSA) is 65.5 Å². The lowest BCUT2D eigenvalue weighted by Crippen LogP contribution is -2.37. The lowest BCUT2D eigenvalue weighted by atomic mass is 9.94. The number of carbonyl (C=O) groups excluding carboxylic acids is 2. The Morgan fingerprint density at radius 1 is 1.05 bits per heavy atom. The lowest BCUT2D eigenvalue weighted by molar-refractivity contribution is -0.116. The Hall–Kier alpha value is -3.55. The number of amides is 2. The summed E-state index contributed by atoms with van der Waals surface area (Å²) in [5.41, 5.74) is 6.31. The van der Waals surface area contributed by atoms with Gasteiger partial charge < -0.3 is 10.2 Å². The smallest absolute Gasteiger partial charge is 0.255 e. The van der Waals surface area contributed by atoms with Crippen molar-refractivity contribution in [1.29, 1.82) is 0 Å². The molecule has 0 bridgehead atoms. The number of anilines is 1. The van der Waals surface area contributed by atoms with Gasteiger partial charge in [-0.2, -0.15) is 0 Å². The molecule has 0 saturated carbocycles. The number of fused-ring (bicyclic) bond motifs is 2. The standard InChI is InChI=1S/C30H29BrN4O2/c1-20-16-22(31)12-13-25(20)33-28(36)19-34(2)30(37)29-23-10-6-7-11-26(23)32-27-14-15-35(18-24(27)29)17-21-8-4-3-5-9-21/h3-13,16H,14-15,17-19H2,1-2H3,(H,33,36). The molecule has 0 aliphatic carbocycles. The second-order valence-corrected chi connectivity index (χ2v) is 10.5. The number of para-hydroxylation sites is 1. The van der Waals surface area contributed by atoms with E-state index in [-0.39, 0.29) is 18.4 Å². The summed E-state index contributed by atoms with van der Waals surface area (Å²) in [5.74, 6) is -0.404. The quantitative estimate of drug-likeness (QED) is 0.337. The van der Waals surface area contributed by atoms with Crippen LogP contribution in [0.2, 0.25) is 0 Å². The molecule has 0 saturated heterocycles. The van der Waals surface area contributed by atoms with Gasteiger partial charge in [-0.15, -0.1) is 0 Å². The Balaban J connectivity index is 1.41. The molecule has 1 aliphatic heterocycles. The summed E-state index contributed by atoms with van der Waals surface area (Å²) in [4.78, 5) is 35.5. The highest BCUT2D eigenvalue weighted by Crippen LogP contribution is 2.30. The van der Waals surface area contributed by atoms with E-state index in [4.69, 9.17) is 4.98 Å². The van der Waals surface area contributed by atoms with E-state index in [0.717, 1.165) is 57.4 Å². The van der Waals surface area contributed by atoms with Crippen LogP contribution in [0.5, 0.6) is 0 Å². The predicted octanol–water partition coefficient (Wildman–Crippen LogP) is 5.57. The normalized spacial score (nSPS) is 13.3. The van der Waals surface area contributed by atoms with Crippen LogP contribution in [0.4, 0.5) is 5.69 Å². The second kappa shape index (κ2) is 10.8. The van der Waals surface area contributed by atoms with Crippen LogP contribution in [-0.2, 0) is 24.3 Å². The maximum absolute atomic E-state index is 13.9. The van der Waals surface area contributed by atoms with E-state index in [1.54, 1.807) is 7.05 Å². The van der Waals surface area contributed by atoms with Crippen LogP contribution < -0.4 is 5.32 Å². The van der Waals surface area contributed by atoms with Crippen LogP contribution in [0.15, 0.2) is 77.3 Å². The number of aromatic nitrogens is 1. The molecule has 1 N–H and O–H groups in total.